The molecule has 1 aromatic heterocycles. The molecule has 2 rings (SSSR count). The van der Waals surface area contributed by atoms with Crippen molar-refractivity contribution in [2.75, 3.05) is 0 Å². The lowest BCUT2D eigenvalue weighted by atomic mass is 10.2. The van der Waals surface area contributed by atoms with Gasteiger partial charge >= 0.3 is 6.18 Å². The third-order valence-corrected chi connectivity index (χ3v) is 2.42. The summed E-state index contributed by atoms with van der Waals surface area (Å²) in [6.07, 6.45) is -3.06. The van der Waals surface area contributed by atoms with Crippen molar-refractivity contribution in [1.29, 1.82) is 0 Å². The number of rotatable bonds is 1. The van der Waals surface area contributed by atoms with Crippen molar-refractivity contribution in [2.45, 2.75) is 13.1 Å². The van der Waals surface area contributed by atoms with Gasteiger partial charge in [-0.05, 0) is 25.1 Å². The van der Waals surface area contributed by atoms with E-state index in [0.717, 1.165) is 12.1 Å². The van der Waals surface area contributed by atoms with E-state index in [9.17, 15) is 18.0 Å². The molecule has 0 aliphatic heterocycles. The maximum absolute atomic E-state index is 12.5. The lowest BCUT2D eigenvalue weighted by molar-refractivity contribution is -0.137. The Morgan fingerprint density at radius 3 is 2.56 bits per heavy atom. The molecule has 0 spiro atoms. The van der Waals surface area contributed by atoms with E-state index >= 15 is 0 Å². The van der Waals surface area contributed by atoms with Crippen molar-refractivity contribution in [3.63, 3.8) is 0 Å². The van der Waals surface area contributed by atoms with Gasteiger partial charge < -0.3 is 0 Å². The van der Waals surface area contributed by atoms with Crippen LogP contribution in [0.1, 0.15) is 11.3 Å². The minimum Gasteiger partial charge on any atom is -0.288 e. The Labute approximate surface area is 100 Å². The molecule has 1 aromatic carbocycles. The summed E-state index contributed by atoms with van der Waals surface area (Å²) in [5.41, 5.74) is -0.515. The second-order valence-corrected chi connectivity index (χ2v) is 3.76. The summed E-state index contributed by atoms with van der Waals surface area (Å²) in [5, 5.41) is 3.90. The molecule has 0 atom stereocenters. The van der Waals surface area contributed by atoms with Crippen LogP contribution in [0.3, 0.4) is 0 Å². The second kappa shape index (κ2) is 4.29. The van der Waals surface area contributed by atoms with Crippen LogP contribution in [0, 0.1) is 6.92 Å². The van der Waals surface area contributed by atoms with Crippen LogP contribution in [-0.2, 0) is 6.18 Å². The van der Waals surface area contributed by atoms with Crippen LogP contribution in [0.5, 0.6) is 0 Å². The van der Waals surface area contributed by atoms with Crippen LogP contribution < -0.4 is 5.43 Å². The van der Waals surface area contributed by atoms with Gasteiger partial charge in [0.25, 0.3) is 0 Å². The summed E-state index contributed by atoms with van der Waals surface area (Å²) in [6.45, 7) is 1.51. The fourth-order valence-corrected chi connectivity index (χ4v) is 1.47. The zero-order valence-electron chi connectivity index (χ0n) is 9.40. The molecule has 0 fully saturated rings. The number of benzene rings is 1. The van der Waals surface area contributed by atoms with Crippen molar-refractivity contribution >= 4 is 0 Å². The summed E-state index contributed by atoms with van der Waals surface area (Å²) in [5.74, 6) is 0. The molecule has 0 bridgehead atoms. The summed E-state index contributed by atoms with van der Waals surface area (Å²) < 4.78 is 38.9. The van der Waals surface area contributed by atoms with Gasteiger partial charge in [-0.25, -0.2) is 4.68 Å². The smallest absolute Gasteiger partial charge is 0.288 e. The van der Waals surface area contributed by atoms with E-state index in [1.54, 1.807) is 0 Å². The van der Waals surface area contributed by atoms with Crippen LogP contribution in [0.15, 0.2) is 41.3 Å². The molecule has 0 aliphatic rings. The molecular formula is C12H9F3N2O. The van der Waals surface area contributed by atoms with Crippen LogP contribution in [-0.4, -0.2) is 9.78 Å². The minimum absolute atomic E-state index is 0.231. The summed E-state index contributed by atoms with van der Waals surface area (Å²) in [4.78, 5) is 11.2. The topological polar surface area (TPSA) is 34.9 Å². The maximum atomic E-state index is 12.5. The van der Waals surface area contributed by atoms with Crippen molar-refractivity contribution in [1.82, 2.24) is 9.78 Å². The Kier molecular flexibility index (Phi) is 2.94. The first-order valence-electron chi connectivity index (χ1n) is 5.12. The lowest BCUT2D eigenvalue weighted by Crippen LogP contribution is -2.13. The molecule has 3 nitrogen and oxygen atoms in total. The Bertz CT molecular complexity index is 632. The van der Waals surface area contributed by atoms with Gasteiger partial charge in [0, 0.05) is 12.3 Å². The largest absolute Gasteiger partial charge is 0.416 e. The van der Waals surface area contributed by atoms with Gasteiger partial charge in [0.05, 0.1) is 11.3 Å². The van der Waals surface area contributed by atoms with Gasteiger partial charge in [0.15, 0.2) is 0 Å². The third-order valence-electron chi connectivity index (χ3n) is 2.42. The molecule has 0 aliphatic carbocycles. The zero-order valence-corrected chi connectivity index (χ0v) is 9.40. The summed E-state index contributed by atoms with van der Waals surface area (Å²) in [6, 6.07) is 6.03. The number of alkyl halides is 3. The molecule has 6 heteroatoms. The number of aromatic nitrogens is 2. The molecule has 0 saturated carbocycles. The fraction of sp³-hybridized carbons (Fsp3) is 0.167. The van der Waals surface area contributed by atoms with E-state index < -0.39 is 11.7 Å². The number of aryl methyl sites for hydroxylation is 1. The molecule has 0 radical (unpaired) electrons. The Balaban J connectivity index is 2.51. The van der Waals surface area contributed by atoms with Gasteiger partial charge in [-0.2, -0.15) is 18.3 Å². The average Bonchev–Trinajstić information content (AvgIpc) is 2.32. The molecule has 1 heterocycles. The van der Waals surface area contributed by atoms with Crippen LogP contribution in [0.25, 0.3) is 5.69 Å². The second-order valence-electron chi connectivity index (χ2n) is 3.76. The molecule has 2 aromatic rings. The predicted molar refractivity (Wildman–Crippen MR) is 59.6 cm³/mol. The quantitative estimate of drug-likeness (QED) is 0.783. The maximum Gasteiger partial charge on any atom is 0.416 e. The number of halogens is 3. The minimum atomic E-state index is -4.40. The van der Waals surface area contributed by atoms with Crippen LogP contribution in [0.2, 0.25) is 0 Å². The third kappa shape index (κ3) is 2.42. The van der Waals surface area contributed by atoms with Gasteiger partial charge in [0.1, 0.15) is 5.69 Å². The Morgan fingerprint density at radius 1 is 1.22 bits per heavy atom. The molecule has 0 amide bonds. The van der Waals surface area contributed by atoms with E-state index in [1.807, 2.05) is 0 Å². The number of hydrogen-bond acceptors (Lipinski definition) is 2. The Hall–Kier alpha value is -2.11. The van der Waals surface area contributed by atoms with Crippen LogP contribution >= 0.6 is 0 Å². The highest BCUT2D eigenvalue weighted by atomic mass is 19.4. The van der Waals surface area contributed by atoms with E-state index in [1.165, 1.54) is 36.0 Å². The van der Waals surface area contributed by atoms with Gasteiger partial charge in [0.2, 0.25) is 5.43 Å². The summed E-state index contributed by atoms with van der Waals surface area (Å²) >= 11 is 0. The number of hydrogen-bond donors (Lipinski definition) is 0. The van der Waals surface area contributed by atoms with Crippen molar-refractivity contribution in [3.05, 3.63) is 58.0 Å². The molecule has 18 heavy (non-hydrogen) atoms. The lowest BCUT2D eigenvalue weighted by Gasteiger charge is -2.10. The summed E-state index contributed by atoms with van der Waals surface area (Å²) in [7, 11) is 0. The highest BCUT2D eigenvalue weighted by Gasteiger charge is 2.30. The number of nitrogens with zero attached hydrogens (tertiary/aromatic N) is 2. The van der Waals surface area contributed by atoms with Gasteiger partial charge in [-0.1, -0.05) is 6.07 Å². The first-order valence-corrected chi connectivity index (χ1v) is 5.12. The molecule has 0 unspecified atom stereocenters. The zero-order chi connectivity index (χ0) is 13.3. The van der Waals surface area contributed by atoms with Gasteiger partial charge in [-0.15, -0.1) is 0 Å². The first kappa shape index (κ1) is 12.3. The standard InChI is InChI=1S/C12H9F3N2O/c1-8-11(18)5-6-17(16-8)10-4-2-3-9(7-10)12(13,14)15/h2-7H,1H3. The normalized spacial score (nSPS) is 11.6. The van der Waals surface area contributed by atoms with E-state index in [4.69, 9.17) is 0 Å². The van der Waals surface area contributed by atoms with Crippen LogP contribution in [0.4, 0.5) is 13.2 Å². The highest BCUT2D eigenvalue weighted by molar-refractivity contribution is 5.36. The first-order chi connectivity index (χ1) is 8.38. The molecule has 94 valence electrons. The molecular weight excluding hydrogens is 245 g/mol. The van der Waals surface area contributed by atoms with E-state index in [-0.39, 0.29) is 16.8 Å². The van der Waals surface area contributed by atoms with Crippen molar-refractivity contribution in [2.24, 2.45) is 0 Å². The Morgan fingerprint density at radius 2 is 1.94 bits per heavy atom. The van der Waals surface area contributed by atoms with E-state index in [0.29, 0.717) is 0 Å². The monoisotopic (exact) mass is 254 g/mol. The van der Waals surface area contributed by atoms with E-state index in [2.05, 4.69) is 5.10 Å². The van der Waals surface area contributed by atoms with Crippen molar-refractivity contribution < 1.29 is 13.2 Å². The van der Waals surface area contributed by atoms with Gasteiger partial charge in [-0.3, -0.25) is 4.79 Å². The highest BCUT2D eigenvalue weighted by Crippen LogP contribution is 2.30. The SMILES string of the molecule is Cc1nn(-c2cccc(C(F)(F)F)c2)ccc1=O. The average molecular weight is 254 g/mol. The van der Waals surface area contributed by atoms with Crippen molar-refractivity contribution in [3.8, 4) is 5.69 Å². The molecule has 0 N–H and O–H groups in total. The molecule has 0 saturated heterocycles. The predicted octanol–water partition coefficient (Wildman–Crippen LogP) is 2.56. The fourth-order valence-electron chi connectivity index (χ4n) is 1.47.